The second-order valence-electron chi connectivity index (χ2n) is 5.00. The van der Waals surface area contributed by atoms with Gasteiger partial charge in [-0.2, -0.15) is 0 Å². The van der Waals surface area contributed by atoms with Crippen LogP contribution in [0.1, 0.15) is 18.5 Å². The molecule has 2 aliphatic heterocycles. The summed E-state index contributed by atoms with van der Waals surface area (Å²) >= 11 is 5.97. The quantitative estimate of drug-likeness (QED) is 0.880. The normalized spacial score (nSPS) is 27.9. The Hall–Kier alpha value is -1.13. The maximum absolute atomic E-state index is 11.7. The Morgan fingerprint density at radius 1 is 1.56 bits per heavy atom. The lowest BCUT2D eigenvalue weighted by atomic mass is 9.91. The summed E-state index contributed by atoms with van der Waals surface area (Å²) in [6.07, 6.45) is 3.82. The topological polar surface area (TPSA) is 45.2 Å². The minimum atomic E-state index is 0.165. The molecule has 1 N–H and O–H groups in total. The standard InChI is InChI=1S/C13H16ClN3O/c14-9-3-4-15-10(6-9)8-17-5-1-2-11-12(17)7-16-13(11)18/h3-4,6,11-12H,1-2,5,7-8H2,(H,16,18). The molecule has 0 bridgehead atoms. The van der Waals surface area contributed by atoms with E-state index in [0.717, 1.165) is 38.2 Å². The van der Waals surface area contributed by atoms with Gasteiger partial charge in [-0.05, 0) is 31.5 Å². The molecule has 3 rings (SSSR count). The van der Waals surface area contributed by atoms with Crippen LogP contribution in [0.2, 0.25) is 5.02 Å². The number of nitrogens with zero attached hydrogens (tertiary/aromatic N) is 2. The molecule has 0 aliphatic carbocycles. The fraction of sp³-hybridized carbons (Fsp3) is 0.538. The zero-order valence-electron chi connectivity index (χ0n) is 10.1. The van der Waals surface area contributed by atoms with Gasteiger partial charge in [0, 0.05) is 30.4 Å². The molecule has 0 radical (unpaired) electrons. The van der Waals surface area contributed by atoms with E-state index in [1.165, 1.54) is 0 Å². The molecule has 1 aromatic heterocycles. The van der Waals surface area contributed by atoms with Gasteiger partial charge in [-0.3, -0.25) is 14.7 Å². The average Bonchev–Trinajstić information content (AvgIpc) is 2.73. The molecule has 1 aromatic rings. The van der Waals surface area contributed by atoms with Crippen LogP contribution in [0.3, 0.4) is 0 Å². The third kappa shape index (κ3) is 2.22. The summed E-state index contributed by atoms with van der Waals surface area (Å²) < 4.78 is 0. The highest BCUT2D eigenvalue weighted by atomic mass is 35.5. The van der Waals surface area contributed by atoms with Crippen molar-refractivity contribution < 1.29 is 4.79 Å². The van der Waals surface area contributed by atoms with Crippen LogP contribution >= 0.6 is 11.6 Å². The van der Waals surface area contributed by atoms with E-state index in [1.54, 1.807) is 12.3 Å². The van der Waals surface area contributed by atoms with Crippen molar-refractivity contribution >= 4 is 17.5 Å². The lowest BCUT2D eigenvalue weighted by molar-refractivity contribution is -0.124. The van der Waals surface area contributed by atoms with Gasteiger partial charge in [-0.25, -0.2) is 0 Å². The van der Waals surface area contributed by atoms with Crippen LogP contribution in [0.5, 0.6) is 0 Å². The largest absolute Gasteiger partial charge is 0.354 e. The third-order valence-electron chi connectivity index (χ3n) is 3.86. The SMILES string of the molecule is O=C1NCC2C1CCCN2Cc1cc(Cl)ccn1. The minimum absolute atomic E-state index is 0.165. The lowest BCUT2D eigenvalue weighted by Gasteiger charge is -2.35. The molecule has 0 aromatic carbocycles. The van der Waals surface area contributed by atoms with Crippen molar-refractivity contribution in [1.82, 2.24) is 15.2 Å². The molecule has 18 heavy (non-hydrogen) atoms. The van der Waals surface area contributed by atoms with Crippen molar-refractivity contribution in [3.63, 3.8) is 0 Å². The number of carbonyl (C=O) groups excluding carboxylic acids is 1. The molecule has 2 unspecified atom stereocenters. The summed E-state index contributed by atoms with van der Waals surface area (Å²) in [5.41, 5.74) is 0.975. The Bertz CT molecular complexity index is 465. The summed E-state index contributed by atoms with van der Waals surface area (Å²) in [5, 5.41) is 3.68. The van der Waals surface area contributed by atoms with Crippen LogP contribution in [0.25, 0.3) is 0 Å². The van der Waals surface area contributed by atoms with E-state index < -0.39 is 0 Å². The van der Waals surface area contributed by atoms with Crippen molar-refractivity contribution in [3.05, 3.63) is 29.0 Å². The molecule has 0 spiro atoms. The van der Waals surface area contributed by atoms with Gasteiger partial charge in [-0.1, -0.05) is 11.6 Å². The van der Waals surface area contributed by atoms with Gasteiger partial charge < -0.3 is 5.32 Å². The zero-order chi connectivity index (χ0) is 12.5. The van der Waals surface area contributed by atoms with Gasteiger partial charge in [0.25, 0.3) is 0 Å². The van der Waals surface area contributed by atoms with E-state index >= 15 is 0 Å². The first kappa shape index (κ1) is 11.9. The smallest absolute Gasteiger partial charge is 0.224 e. The second kappa shape index (κ2) is 4.86. The number of rotatable bonds is 2. The molecule has 2 saturated heterocycles. The summed E-state index contributed by atoms with van der Waals surface area (Å²) in [7, 11) is 0. The Morgan fingerprint density at radius 3 is 3.28 bits per heavy atom. The monoisotopic (exact) mass is 265 g/mol. The number of pyridine rings is 1. The highest BCUT2D eigenvalue weighted by Crippen LogP contribution is 2.28. The van der Waals surface area contributed by atoms with Gasteiger partial charge in [0.15, 0.2) is 0 Å². The van der Waals surface area contributed by atoms with E-state index in [4.69, 9.17) is 11.6 Å². The second-order valence-corrected chi connectivity index (χ2v) is 5.43. The number of likely N-dealkylation sites (tertiary alicyclic amines) is 1. The van der Waals surface area contributed by atoms with Crippen LogP contribution in [0.4, 0.5) is 0 Å². The number of nitrogens with one attached hydrogen (secondary N) is 1. The van der Waals surface area contributed by atoms with Crippen molar-refractivity contribution in [2.24, 2.45) is 5.92 Å². The van der Waals surface area contributed by atoms with Crippen LogP contribution in [-0.4, -0.2) is 34.9 Å². The van der Waals surface area contributed by atoms with Gasteiger partial charge in [-0.15, -0.1) is 0 Å². The number of hydrogen-bond acceptors (Lipinski definition) is 3. The number of piperidine rings is 1. The van der Waals surface area contributed by atoms with Crippen LogP contribution in [-0.2, 0) is 11.3 Å². The van der Waals surface area contributed by atoms with Gasteiger partial charge in [0.1, 0.15) is 0 Å². The van der Waals surface area contributed by atoms with E-state index in [0.29, 0.717) is 11.1 Å². The predicted octanol–water partition coefficient (Wildman–Crippen LogP) is 1.45. The fourth-order valence-corrected chi connectivity index (χ4v) is 3.16. The van der Waals surface area contributed by atoms with Gasteiger partial charge >= 0.3 is 0 Å². The molecule has 5 heteroatoms. The molecule has 4 nitrogen and oxygen atoms in total. The number of halogens is 1. The molecule has 2 atom stereocenters. The maximum atomic E-state index is 11.7. The Balaban J connectivity index is 1.74. The number of aromatic nitrogens is 1. The van der Waals surface area contributed by atoms with E-state index in [9.17, 15) is 4.79 Å². The fourth-order valence-electron chi connectivity index (χ4n) is 2.98. The summed E-state index contributed by atoms with van der Waals surface area (Å²) in [6.45, 7) is 2.57. The predicted molar refractivity (Wildman–Crippen MR) is 69.2 cm³/mol. The van der Waals surface area contributed by atoms with E-state index in [1.807, 2.05) is 6.07 Å². The van der Waals surface area contributed by atoms with Crippen molar-refractivity contribution in [2.45, 2.75) is 25.4 Å². The average molecular weight is 266 g/mol. The first-order valence-corrected chi connectivity index (χ1v) is 6.74. The molecule has 1 amide bonds. The maximum Gasteiger partial charge on any atom is 0.224 e. The summed E-state index contributed by atoms with van der Waals surface area (Å²) in [4.78, 5) is 18.4. The van der Waals surface area contributed by atoms with E-state index in [2.05, 4.69) is 15.2 Å². The molecular weight excluding hydrogens is 250 g/mol. The molecule has 2 fully saturated rings. The van der Waals surface area contributed by atoms with Crippen molar-refractivity contribution in [1.29, 1.82) is 0 Å². The Kier molecular flexibility index (Phi) is 3.22. The first-order chi connectivity index (χ1) is 8.74. The molecule has 3 heterocycles. The van der Waals surface area contributed by atoms with E-state index in [-0.39, 0.29) is 11.8 Å². The van der Waals surface area contributed by atoms with Crippen LogP contribution in [0, 0.1) is 5.92 Å². The van der Waals surface area contributed by atoms with Gasteiger partial charge in [0.05, 0.1) is 11.6 Å². The van der Waals surface area contributed by atoms with Crippen LogP contribution in [0.15, 0.2) is 18.3 Å². The number of amides is 1. The third-order valence-corrected chi connectivity index (χ3v) is 4.09. The molecule has 96 valence electrons. The number of carbonyl (C=O) groups is 1. The molecule has 2 aliphatic rings. The highest BCUT2D eigenvalue weighted by molar-refractivity contribution is 6.30. The molecular formula is C13H16ClN3O. The number of fused-ring (bicyclic) bond motifs is 1. The van der Waals surface area contributed by atoms with Crippen LogP contribution < -0.4 is 5.32 Å². The first-order valence-electron chi connectivity index (χ1n) is 6.36. The summed E-state index contributed by atoms with van der Waals surface area (Å²) in [6, 6.07) is 4.01. The number of hydrogen-bond donors (Lipinski definition) is 1. The lowest BCUT2D eigenvalue weighted by Crippen LogP contribution is -2.45. The minimum Gasteiger partial charge on any atom is -0.354 e. The van der Waals surface area contributed by atoms with Crippen molar-refractivity contribution in [3.8, 4) is 0 Å². The highest BCUT2D eigenvalue weighted by Gasteiger charge is 2.40. The Morgan fingerprint density at radius 2 is 2.44 bits per heavy atom. The summed E-state index contributed by atoms with van der Waals surface area (Å²) in [5.74, 6) is 0.377. The van der Waals surface area contributed by atoms with Crippen molar-refractivity contribution in [2.75, 3.05) is 13.1 Å². The van der Waals surface area contributed by atoms with Gasteiger partial charge in [0.2, 0.25) is 5.91 Å². The Labute approximate surface area is 111 Å². The zero-order valence-corrected chi connectivity index (χ0v) is 10.9. The molecule has 0 saturated carbocycles.